The molecule has 0 amide bonds. The topological polar surface area (TPSA) is 61.5 Å². The highest BCUT2D eigenvalue weighted by atomic mass is 32.2. The molecule has 0 aliphatic carbocycles. The third-order valence-corrected chi connectivity index (χ3v) is 4.33. The van der Waals surface area contributed by atoms with Gasteiger partial charge in [-0.2, -0.15) is 0 Å². The number of esters is 1. The highest BCUT2D eigenvalue weighted by Gasteiger charge is 2.17. The van der Waals surface area contributed by atoms with Crippen molar-refractivity contribution < 1.29 is 14.3 Å². The van der Waals surface area contributed by atoms with E-state index in [-0.39, 0.29) is 5.97 Å². The Morgan fingerprint density at radius 1 is 1.58 bits per heavy atom. The number of hydrogen-bond acceptors (Lipinski definition) is 5. The summed E-state index contributed by atoms with van der Waals surface area (Å²) >= 11 is 1.69. The first-order valence-corrected chi connectivity index (χ1v) is 7.33. The molecule has 1 aromatic carbocycles. The zero-order valence-electron chi connectivity index (χ0n) is 11.3. The smallest absolute Gasteiger partial charge is 0.340 e. The number of methoxy groups -OCH3 is 1. The molecule has 0 bridgehead atoms. The maximum atomic E-state index is 11.7. The van der Waals surface area contributed by atoms with Gasteiger partial charge in [-0.15, -0.1) is 11.8 Å². The van der Waals surface area contributed by atoms with Crippen LogP contribution < -0.4 is 5.73 Å². The molecule has 1 unspecified atom stereocenters. The summed E-state index contributed by atoms with van der Waals surface area (Å²) in [6.07, 6.45) is 2.58. The van der Waals surface area contributed by atoms with Crippen LogP contribution in [0.4, 0.5) is 5.69 Å². The van der Waals surface area contributed by atoms with E-state index in [4.69, 9.17) is 15.2 Å². The van der Waals surface area contributed by atoms with Gasteiger partial charge in [0.05, 0.1) is 18.8 Å². The Morgan fingerprint density at radius 3 is 3.00 bits per heavy atom. The Kier molecular flexibility index (Phi) is 4.71. The summed E-state index contributed by atoms with van der Waals surface area (Å²) in [5, 5.41) is 0. The molecule has 1 aliphatic rings. The van der Waals surface area contributed by atoms with E-state index >= 15 is 0 Å². The quantitative estimate of drug-likeness (QED) is 0.522. The van der Waals surface area contributed by atoms with Crippen LogP contribution in [0.25, 0.3) is 0 Å². The highest BCUT2D eigenvalue weighted by Crippen LogP contribution is 2.29. The molecule has 1 saturated heterocycles. The van der Waals surface area contributed by atoms with Crippen LogP contribution in [0.15, 0.2) is 17.0 Å². The molecule has 1 heterocycles. The number of nitrogens with two attached hydrogens (primary N) is 1. The van der Waals surface area contributed by atoms with Crippen LogP contribution in [-0.2, 0) is 9.47 Å². The lowest BCUT2D eigenvalue weighted by molar-refractivity contribution is 0.0601. The number of hydrogen-bond donors (Lipinski definition) is 1. The number of ether oxygens (including phenoxy) is 2. The Bertz CT molecular complexity index is 470. The van der Waals surface area contributed by atoms with Gasteiger partial charge < -0.3 is 15.2 Å². The molecule has 1 aromatic rings. The molecule has 0 aromatic heterocycles. The minimum absolute atomic E-state index is 0.324. The summed E-state index contributed by atoms with van der Waals surface area (Å²) in [4.78, 5) is 12.7. The van der Waals surface area contributed by atoms with E-state index in [1.807, 2.05) is 13.0 Å². The zero-order chi connectivity index (χ0) is 13.8. The molecular formula is C14H19NO3S. The summed E-state index contributed by atoms with van der Waals surface area (Å²) in [6, 6.07) is 3.80. The summed E-state index contributed by atoms with van der Waals surface area (Å²) in [7, 11) is 1.36. The number of benzene rings is 1. The molecule has 1 fully saturated rings. The number of carbonyl (C=O) groups excluding carboxylic acids is 1. The van der Waals surface area contributed by atoms with Crippen molar-refractivity contribution in [2.75, 3.05) is 25.2 Å². The van der Waals surface area contributed by atoms with Gasteiger partial charge in [-0.3, -0.25) is 0 Å². The molecular weight excluding hydrogens is 262 g/mol. The predicted molar refractivity (Wildman–Crippen MR) is 76.6 cm³/mol. The maximum Gasteiger partial charge on any atom is 0.340 e. The van der Waals surface area contributed by atoms with Crippen LogP contribution in [0.2, 0.25) is 0 Å². The van der Waals surface area contributed by atoms with Gasteiger partial charge in [-0.25, -0.2) is 4.79 Å². The fourth-order valence-corrected chi connectivity index (χ4v) is 3.19. The summed E-state index contributed by atoms with van der Waals surface area (Å²) in [5.41, 5.74) is 7.75. The molecule has 2 rings (SSSR count). The van der Waals surface area contributed by atoms with Crippen molar-refractivity contribution in [1.82, 2.24) is 0 Å². The van der Waals surface area contributed by atoms with E-state index in [0.717, 1.165) is 35.7 Å². The van der Waals surface area contributed by atoms with E-state index in [9.17, 15) is 4.79 Å². The minimum atomic E-state index is -0.389. The monoisotopic (exact) mass is 281 g/mol. The lowest BCUT2D eigenvalue weighted by Gasteiger charge is -2.12. The number of rotatable bonds is 4. The third-order valence-electron chi connectivity index (χ3n) is 3.23. The van der Waals surface area contributed by atoms with E-state index in [1.165, 1.54) is 7.11 Å². The minimum Gasteiger partial charge on any atom is -0.465 e. The van der Waals surface area contributed by atoms with Gasteiger partial charge in [0.15, 0.2) is 0 Å². The predicted octanol–water partition coefficient (Wildman–Crippen LogP) is 2.63. The summed E-state index contributed by atoms with van der Waals surface area (Å²) in [5.74, 6) is 0.518. The van der Waals surface area contributed by atoms with Crippen molar-refractivity contribution in [1.29, 1.82) is 0 Å². The summed E-state index contributed by atoms with van der Waals surface area (Å²) in [6.45, 7) is 2.76. The standard InChI is InChI=1S/C14H19NO3S/c1-9-6-11(19-8-10-4-3-5-18-10)7-12(13(9)15)14(16)17-2/h6-7,10H,3-5,8,15H2,1-2H3. The van der Waals surface area contributed by atoms with Gasteiger partial charge in [-0.05, 0) is 37.5 Å². The zero-order valence-corrected chi connectivity index (χ0v) is 12.1. The lowest BCUT2D eigenvalue weighted by Crippen LogP contribution is -2.09. The highest BCUT2D eigenvalue weighted by molar-refractivity contribution is 7.99. The fourth-order valence-electron chi connectivity index (χ4n) is 2.09. The van der Waals surface area contributed by atoms with E-state index in [2.05, 4.69) is 0 Å². The van der Waals surface area contributed by atoms with Gasteiger partial charge in [0.25, 0.3) is 0 Å². The number of carbonyl (C=O) groups is 1. The molecule has 0 radical (unpaired) electrons. The van der Waals surface area contributed by atoms with Gasteiger partial charge >= 0.3 is 5.97 Å². The molecule has 0 saturated carbocycles. The van der Waals surface area contributed by atoms with Crippen molar-refractivity contribution in [3.63, 3.8) is 0 Å². The first-order valence-electron chi connectivity index (χ1n) is 6.34. The number of anilines is 1. The summed E-state index contributed by atoms with van der Waals surface area (Å²) < 4.78 is 10.3. The van der Waals surface area contributed by atoms with Crippen molar-refractivity contribution in [2.24, 2.45) is 0 Å². The van der Waals surface area contributed by atoms with Crippen molar-refractivity contribution in [3.05, 3.63) is 23.3 Å². The molecule has 19 heavy (non-hydrogen) atoms. The van der Waals surface area contributed by atoms with Crippen LogP contribution in [-0.4, -0.2) is 31.5 Å². The molecule has 0 spiro atoms. The lowest BCUT2D eigenvalue weighted by atomic mass is 10.1. The van der Waals surface area contributed by atoms with Crippen molar-refractivity contribution in [3.8, 4) is 0 Å². The molecule has 5 heteroatoms. The largest absolute Gasteiger partial charge is 0.465 e. The second-order valence-corrected chi connectivity index (χ2v) is 5.73. The third kappa shape index (κ3) is 3.42. The SMILES string of the molecule is COC(=O)c1cc(SCC2CCCO2)cc(C)c1N. The Balaban J connectivity index is 2.11. The van der Waals surface area contributed by atoms with Crippen molar-refractivity contribution in [2.45, 2.75) is 30.8 Å². The van der Waals surface area contributed by atoms with Gasteiger partial charge in [0, 0.05) is 22.9 Å². The second-order valence-electron chi connectivity index (χ2n) is 4.64. The van der Waals surface area contributed by atoms with Crippen LogP contribution in [0, 0.1) is 6.92 Å². The van der Waals surface area contributed by atoms with Crippen LogP contribution in [0.1, 0.15) is 28.8 Å². The maximum absolute atomic E-state index is 11.7. The number of aryl methyl sites for hydroxylation is 1. The Hall–Kier alpha value is -1.20. The van der Waals surface area contributed by atoms with Crippen molar-refractivity contribution >= 4 is 23.4 Å². The van der Waals surface area contributed by atoms with Crippen LogP contribution >= 0.6 is 11.8 Å². The first-order chi connectivity index (χ1) is 9.11. The van der Waals surface area contributed by atoms with E-state index in [0.29, 0.717) is 17.4 Å². The number of thioether (sulfide) groups is 1. The second kappa shape index (κ2) is 6.30. The van der Waals surface area contributed by atoms with E-state index < -0.39 is 0 Å². The van der Waals surface area contributed by atoms with Crippen LogP contribution in [0.5, 0.6) is 0 Å². The molecule has 104 valence electrons. The van der Waals surface area contributed by atoms with Gasteiger partial charge in [0.1, 0.15) is 0 Å². The Labute approximate surface area is 117 Å². The van der Waals surface area contributed by atoms with E-state index in [1.54, 1.807) is 17.8 Å². The average Bonchev–Trinajstić information content (AvgIpc) is 2.92. The fraction of sp³-hybridized carbons (Fsp3) is 0.500. The molecule has 1 atom stereocenters. The van der Waals surface area contributed by atoms with Gasteiger partial charge in [-0.1, -0.05) is 0 Å². The Morgan fingerprint density at radius 2 is 2.37 bits per heavy atom. The first kappa shape index (κ1) is 14.2. The molecule has 1 aliphatic heterocycles. The molecule has 2 N–H and O–H groups in total. The molecule has 4 nitrogen and oxygen atoms in total. The van der Waals surface area contributed by atoms with Crippen LogP contribution in [0.3, 0.4) is 0 Å². The normalized spacial score (nSPS) is 18.5. The number of nitrogen functional groups attached to an aromatic ring is 1. The average molecular weight is 281 g/mol. The van der Waals surface area contributed by atoms with Gasteiger partial charge in [0.2, 0.25) is 0 Å².